The predicted molar refractivity (Wildman–Crippen MR) is 133 cm³/mol. The van der Waals surface area contributed by atoms with Crippen LogP contribution in [-0.4, -0.2) is 25.1 Å². The molecule has 0 atom stereocenters. The molecule has 0 radical (unpaired) electrons. The zero-order chi connectivity index (χ0) is 23.3. The molecule has 0 unspecified atom stereocenters. The topological polar surface area (TPSA) is 64.6 Å². The number of esters is 1. The van der Waals surface area contributed by atoms with Crippen LogP contribution >= 0.6 is 27.3 Å². The Morgan fingerprint density at radius 1 is 1.12 bits per heavy atom. The number of rotatable bonds is 8. The van der Waals surface area contributed by atoms with E-state index in [1.54, 1.807) is 6.92 Å². The number of anilines is 1. The summed E-state index contributed by atoms with van der Waals surface area (Å²) in [5, 5.41) is 5.13. The molecule has 7 heteroatoms. The van der Waals surface area contributed by atoms with Crippen LogP contribution in [0.2, 0.25) is 0 Å². The second-order valence-electron chi connectivity index (χ2n) is 7.61. The minimum absolute atomic E-state index is 0.156. The van der Waals surface area contributed by atoms with Gasteiger partial charge >= 0.3 is 5.97 Å². The first kappa shape index (κ1) is 24.0. The first-order valence-corrected chi connectivity index (χ1v) is 12.0. The van der Waals surface area contributed by atoms with Crippen LogP contribution in [0.25, 0.3) is 11.1 Å². The van der Waals surface area contributed by atoms with Gasteiger partial charge in [0.25, 0.3) is 5.91 Å². The summed E-state index contributed by atoms with van der Waals surface area (Å²) in [6, 6.07) is 13.6. The number of nitrogens with one attached hydrogen (secondary N) is 1. The fraction of sp³-hybridized carbons (Fsp3) is 0.280. The number of carbonyl (C=O) groups excluding carboxylic acids is 2. The second kappa shape index (κ2) is 10.8. The third-order valence-electron chi connectivity index (χ3n) is 4.83. The molecule has 1 N–H and O–H groups in total. The van der Waals surface area contributed by atoms with Gasteiger partial charge in [-0.1, -0.05) is 54.0 Å². The SMILES string of the molecule is CCOC(=O)c1c(-c2ccc(Br)cc2)csc1NC(=O)COc1cc(C)ccc1C(C)C. The average Bonchev–Trinajstić information content (AvgIpc) is 3.16. The predicted octanol–water partition coefficient (Wildman–Crippen LogP) is 6.80. The molecule has 0 saturated carbocycles. The molecule has 3 rings (SSSR count). The van der Waals surface area contributed by atoms with Crippen molar-refractivity contribution >= 4 is 44.1 Å². The van der Waals surface area contributed by atoms with E-state index in [1.807, 2.05) is 54.8 Å². The molecule has 168 valence electrons. The van der Waals surface area contributed by atoms with Crippen molar-refractivity contribution in [2.24, 2.45) is 0 Å². The van der Waals surface area contributed by atoms with E-state index in [4.69, 9.17) is 9.47 Å². The van der Waals surface area contributed by atoms with Crippen LogP contribution in [0.4, 0.5) is 5.00 Å². The summed E-state index contributed by atoms with van der Waals surface area (Å²) in [6.45, 7) is 7.99. The summed E-state index contributed by atoms with van der Waals surface area (Å²) in [5.74, 6) is 0.164. The van der Waals surface area contributed by atoms with Crippen molar-refractivity contribution in [3.8, 4) is 16.9 Å². The molecule has 32 heavy (non-hydrogen) atoms. The molecule has 0 bridgehead atoms. The van der Waals surface area contributed by atoms with Gasteiger partial charge in [-0.15, -0.1) is 11.3 Å². The lowest BCUT2D eigenvalue weighted by Crippen LogP contribution is -2.21. The monoisotopic (exact) mass is 515 g/mol. The number of aryl methyl sites for hydroxylation is 1. The molecular weight excluding hydrogens is 490 g/mol. The van der Waals surface area contributed by atoms with Gasteiger partial charge in [0.05, 0.1) is 6.61 Å². The van der Waals surface area contributed by atoms with Crippen molar-refractivity contribution < 1.29 is 19.1 Å². The zero-order valence-corrected chi connectivity index (χ0v) is 20.9. The van der Waals surface area contributed by atoms with Crippen LogP contribution in [0.5, 0.6) is 5.75 Å². The molecule has 1 heterocycles. The Kier molecular flexibility index (Phi) is 8.10. The van der Waals surface area contributed by atoms with Crippen molar-refractivity contribution in [3.63, 3.8) is 0 Å². The number of hydrogen-bond acceptors (Lipinski definition) is 5. The normalized spacial score (nSPS) is 10.8. The Bertz CT molecular complexity index is 1110. The summed E-state index contributed by atoms with van der Waals surface area (Å²) in [5.41, 5.74) is 4.05. The van der Waals surface area contributed by atoms with Gasteiger partial charge in [-0.3, -0.25) is 4.79 Å². The van der Waals surface area contributed by atoms with Crippen molar-refractivity contribution in [3.05, 3.63) is 69.0 Å². The van der Waals surface area contributed by atoms with Gasteiger partial charge in [0.15, 0.2) is 6.61 Å². The van der Waals surface area contributed by atoms with E-state index in [1.165, 1.54) is 11.3 Å². The number of thiophene rings is 1. The Hall–Kier alpha value is -2.64. The molecule has 5 nitrogen and oxygen atoms in total. The van der Waals surface area contributed by atoms with E-state index in [-0.39, 0.29) is 25.0 Å². The fourth-order valence-electron chi connectivity index (χ4n) is 3.25. The third-order valence-corrected chi connectivity index (χ3v) is 6.25. The Morgan fingerprint density at radius 3 is 2.50 bits per heavy atom. The standard InChI is InChI=1S/C25H26BrNO4S/c1-5-30-25(29)23-20(17-7-9-18(26)10-8-17)14-32-24(23)27-22(28)13-31-21-12-16(4)6-11-19(21)15(2)3/h6-12,14-15H,5,13H2,1-4H3,(H,27,28). The number of hydrogen-bond donors (Lipinski definition) is 1. The van der Waals surface area contributed by atoms with E-state index in [0.29, 0.717) is 16.3 Å². The molecule has 1 amide bonds. The lowest BCUT2D eigenvalue weighted by atomic mass is 10.0. The lowest BCUT2D eigenvalue weighted by Gasteiger charge is -2.15. The van der Waals surface area contributed by atoms with Gasteiger partial charge in [-0.05, 0) is 54.7 Å². The highest BCUT2D eigenvalue weighted by Crippen LogP contribution is 2.37. The molecule has 3 aromatic rings. The molecule has 0 spiro atoms. The van der Waals surface area contributed by atoms with Crippen LogP contribution in [0.15, 0.2) is 52.3 Å². The third kappa shape index (κ3) is 5.78. The summed E-state index contributed by atoms with van der Waals surface area (Å²) >= 11 is 4.71. The van der Waals surface area contributed by atoms with Gasteiger partial charge in [-0.2, -0.15) is 0 Å². The van der Waals surface area contributed by atoms with E-state index >= 15 is 0 Å². The fourth-order valence-corrected chi connectivity index (χ4v) is 4.49. The maximum atomic E-state index is 12.7. The van der Waals surface area contributed by atoms with Crippen LogP contribution in [0.3, 0.4) is 0 Å². The van der Waals surface area contributed by atoms with E-state index in [9.17, 15) is 9.59 Å². The smallest absolute Gasteiger partial charge is 0.341 e. The van der Waals surface area contributed by atoms with Gasteiger partial charge in [0, 0.05) is 15.4 Å². The summed E-state index contributed by atoms with van der Waals surface area (Å²) in [7, 11) is 0. The first-order valence-electron chi connectivity index (χ1n) is 10.4. The van der Waals surface area contributed by atoms with E-state index in [0.717, 1.165) is 26.7 Å². The Morgan fingerprint density at radius 2 is 1.84 bits per heavy atom. The molecular formula is C25H26BrNO4S. The molecule has 0 aliphatic rings. The van der Waals surface area contributed by atoms with Gasteiger partial charge in [0.2, 0.25) is 0 Å². The van der Waals surface area contributed by atoms with Crippen molar-refractivity contribution in [2.45, 2.75) is 33.6 Å². The molecule has 1 aromatic heterocycles. The van der Waals surface area contributed by atoms with Crippen molar-refractivity contribution in [2.75, 3.05) is 18.5 Å². The summed E-state index contributed by atoms with van der Waals surface area (Å²) in [6.07, 6.45) is 0. The van der Waals surface area contributed by atoms with E-state index in [2.05, 4.69) is 35.1 Å². The average molecular weight is 516 g/mol. The van der Waals surface area contributed by atoms with E-state index < -0.39 is 5.97 Å². The Labute approximate surface area is 200 Å². The van der Waals surface area contributed by atoms with Gasteiger partial charge < -0.3 is 14.8 Å². The summed E-state index contributed by atoms with van der Waals surface area (Å²) in [4.78, 5) is 25.4. The maximum absolute atomic E-state index is 12.7. The highest BCUT2D eigenvalue weighted by molar-refractivity contribution is 9.10. The zero-order valence-electron chi connectivity index (χ0n) is 18.5. The first-order chi connectivity index (χ1) is 15.3. The molecule has 0 aliphatic heterocycles. The molecule has 0 aliphatic carbocycles. The van der Waals surface area contributed by atoms with Crippen LogP contribution in [0.1, 0.15) is 48.2 Å². The van der Waals surface area contributed by atoms with Crippen molar-refractivity contribution in [1.29, 1.82) is 0 Å². The number of benzene rings is 2. The summed E-state index contributed by atoms with van der Waals surface area (Å²) < 4.78 is 12.0. The number of ether oxygens (including phenoxy) is 2. The highest BCUT2D eigenvalue weighted by Gasteiger charge is 2.23. The number of amides is 1. The minimum Gasteiger partial charge on any atom is -0.483 e. The molecule has 0 fully saturated rings. The number of halogens is 1. The molecule has 0 saturated heterocycles. The maximum Gasteiger partial charge on any atom is 0.341 e. The van der Waals surface area contributed by atoms with Gasteiger partial charge in [0.1, 0.15) is 16.3 Å². The minimum atomic E-state index is -0.469. The van der Waals surface area contributed by atoms with Crippen LogP contribution < -0.4 is 10.1 Å². The van der Waals surface area contributed by atoms with Crippen LogP contribution in [-0.2, 0) is 9.53 Å². The largest absolute Gasteiger partial charge is 0.483 e. The van der Waals surface area contributed by atoms with Gasteiger partial charge in [-0.25, -0.2) is 4.79 Å². The quantitative estimate of drug-likeness (QED) is 0.335. The van der Waals surface area contributed by atoms with Crippen LogP contribution in [0, 0.1) is 6.92 Å². The second-order valence-corrected chi connectivity index (χ2v) is 9.41. The number of carbonyl (C=O) groups is 2. The molecule has 2 aromatic carbocycles. The Balaban J connectivity index is 1.81. The lowest BCUT2D eigenvalue weighted by molar-refractivity contribution is -0.118. The highest BCUT2D eigenvalue weighted by atomic mass is 79.9. The van der Waals surface area contributed by atoms with Crippen molar-refractivity contribution in [1.82, 2.24) is 0 Å².